The molecule has 4 heteroatoms. The van der Waals surface area contributed by atoms with Crippen LogP contribution in [0, 0.1) is 5.92 Å². The van der Waals surface area contributed by atoms with Gasteiger partial charge in [0.1, 0.15) is 12.4 Å². The van der Waals surface area contributed by atoms with Crippen molar-refractivity contribution in [2.24, 2.45) is 5.92 Å². The number of aromatic nitrogens is 1. The van der Waals surface area contributed by atoms with Gasteiger partial charge in [-0.05, 0) is 12.0 Å². The summed E-state index contributed by atoms with van der Waals surface area (Å²) in [5, 5.41) is 0. The van der Waals surface area contributed by atoms with Crippen LogP contribution in [0.4, 0.5) is 0 Å². The van der Waals surface area contributed by atoms with E-state index in [0.29, 0.717) is 25.0 Å². The molecule has 1 rings (SSSR count). The Hall–Kier alpha value is -0.800. The lowest BCUT2D eigenvalue weighted by atomic mass is 10.2. The average Bonchev–Trinajstić information content (AvgIpc) is 2.29. The fraction of sp³-hybridized carbons (Fsp3) is 0.583. The minimum Gasteiger partial charge on any atom is -0.489 e. The van der Waals surface area contributed by atoms with Crippen LogP contribution in [0.2, 0.25) is 0 Å². The van der Waals surface area contributed by atoms with Crippen molar-refractivity contribution in [2.45, 2.75) is 19.7 Å². The first-order valence-corrected chi connectivity index (χ1v) is 5.97. The van der Waals surface area contributed by atoms with Gasteiger partial charge in [0, 0.05) is 18.4 Å². The predicted molar refractivity (Wildman–Crippen MR) is 64.9 cm³/mol. The van der Waals surface area contributed by atoms with Crippen molar-refractivity contribution in [2.75, 3.05) is 19.8 Å². The third kappa shape index (κ3) is 4.81. The standard InChI is InChI=1S/C12H18ClNO2/c1-10(2)9-15-5-6-16-12-8-14-4-3-11(12)7-13/h3-4,8,10H,5-7,9H2,1-2H3. The van der Waals surface area contributed by atoms with Crippen molar-refractivity contribution in [3.63, 3.8) is 0 Å². The first-order chi connectivity index (χ1) is 7.74. The molecule has 90 valence electrons. The summed E-state index contributed by atoms with van der Waals surface area (Å²) in [6.45, 7) is 6.12. The molecule has 0 aromatic carbocycles. The van der Waals surface area contributed by atoms with E-state index < -0.39 is 0 Å². The monoisotopic (exact) mass is 243 g/mol. The largest absolute Gasteiger partial charge is 0.489 e. The molecule has 0 fully saturated rings. The summed E-state index contributed by atoms with van der Waals surface area (Å²) in [4.78, 5) is 4.00. The van der Waals surface area contributed by atoms with E-state index in [1.54, 1.807) is 12.4 Å². The topological polar surface area (TPSA) is 31.4 Å². The number of pyridine rings is 1. The highest BCUT2D eigenvalue weighted by Crippen LogP contribution is 2.17. The molecular formula is C12H18ClNO2. The third-order valence-corrected chi connectivity index (χ3v) is 2.24. The Balaban J connectivity index is 2.26. The molecular weight excluding hydrogens is 226 g/mol. The van der Waals surface area contributed by atoms with Gasteiger partial charge in [-0.3, -0.25) is 4.98 Å². The van der Waals surface area contributed by atoms with Crippen LogP contribution in [0.5, 0.6) is 5.75 Å². The number of halogens is 1. The Labute approximate surface area is 102 Å². The Morgan fingerprint density at radius 2 is 2.19 bits per heavy atom. The van der Waals surface area contributed by atoms with Gasteiger partial charge in [0.25, 0.3) is 0 Å². The van der Waals surface area contributed by atoms with Crippen LogP contribution in [0.15, 0.2) is 18.5 Å². The lowest BCUT2D eigenvalue weighted by molar-refractivity contribution is 0.0816. The van der Waals surface area contributed by atoms with Crippen LogP contribution in [-0.2, 0) is 10.6 Å². The lowest BCUT2D eigenvalue weighted by Crippen LogP contribution is -2.10. The van der Waals surface area contributed by atoms with Crippen molar-refractivity contribution >= 4 is 11.6 Å². The molecule has 0 aliphatic rings. The Bertz CT molecular complexity index is 305. The van der Waals surface area contributed by atoms with Gasteiger partial charge >= 0.3 is 0 Å². The number of rotatable bonds is 7. The van der Waals surface area contributed by atoms with Crippen LogP contribution < -0.4 is 4.74 Å². The molecule has 16 heavy (non-hydrogen) atoms. The molecule has 3 nitrogen and oxygen atoms in total. The number of alkyl halides is 1. The van der Waals surface area contributed by atoms with Crippen molar-refractivity contribution in [1.29, 1.82) is 0 Å². The number of nitrogens with zero attached hydrogens (tertiary/aromatic N) is 1. The molecule has 0 aliphatic heterocycles. The fourth-order valence-electron chi connectivity index (χ4n) is 1.18. The molecule has 0 N–H and O–H groups in total. The maximum Gasteiger partial charge on any atom is 0.142 e. The summed E-state index contributed by atoms with van der Waals surface area (Å²) >= 11 is 5.77. The van der Waals surface area contributed by atoms with Gasteiger partial charge < -0.3 is 9.47 Å². The highest BCUT2D eigenvalue weighted by Gasteiger charge is 2.02. The molecule has 0 atom stereocenters. The minimum atomic E-state index is 0.435. The molecule has 0 aliphatic carbocycles. The minimum absolute atomic E-state index is 0.435. The van der Waals surface area contributed by atoms with Gasteiger partial charge in [0.15, 0.2) is 0 Å². The summed E-state index contributed by atoms with van der Waals surface area (Å²) in [7, 11) is 0. The normalized spacial score (nSPS) is 10.8. The van der Waals surface area contributed by atoms with E-state index >= 15 is 0 Å². The summed E-state index contributed by atoms with van der Waals surface area (Å²) in [6, 6.07) is 1.86. The zero-order valence-corrected chi connectivity index (χ0v) is 10.5. The van der Waals surface area contributed by atoms with Gasteiger partial charge in [0.05, 0.1) is 18.7 Å². The summed E-state index contributed by atoms with van der Waals surface area (Å²) in [5.74, 6) is 1.73. The predicted octanol–water partition coefficient (Wildman–Crippen LogP) is 2.87. The van der Waals surface area contributed by atoms with E-state index in [4.69, 9.17) is 21.1 Å². The van der Waals surface area contributed by atoms with E-state index in [1.165, 1.54) is 0 Å². The van der Waals surface area contributed by atoms with E-state index in [0.717, 1.165) is 17.9 Å². The molecule has 0 unspecified atom stereocenters. The van der Waals surface area contributed by atoms with Gasteiger partial charge in [-0.25, -0.2) is 0 Å². The molecule has 0 amide bonds. The molecule has 1 aromatic heterocycles. The van der Waals surface area contributed by atoms with Crippen LogP contribution in [0.1, 0.15) is 19.4 Å². The van der Waals surface area contributed by atoms with Crippen molar-refractivity contribution in [3.05, 3.63) is 24.0 Å². The van der Waals surface area contributed by atoms with E-state index in [9.17, 15) is 0 Å². The quantitative estimate of drug-likeness (QED) is 0.545. The van der Waals surface area contributed by atoms with Crippen molar-refractivity contribution < 1.29 is 9.47 Å². The molecule has 0 radical (unpaired) electrons. The second-order valence-electron chi connectivity index (χ2n) is 3.93. The Kier molecular flexibility index (Phi) is 6.19. The summed E-state index contributed by atoms with van der Waals surface area (Å²) in [5.41, 5.74) is 0.959. The summed E-state index contributed by atoms with van der Waals surface area (Å²) < 4.78 is 10.9. The molecule has 0 spiro atoms. The second kappa shape index (κ2) is 7.47. The first-order valence-electron chi connectivity index (χ1n) is 5.43. The van der Waals surface area contributed by atoms with Crippen LogP contribution in [0.25, 0.3) is 0 Å². The number of ether oxygens (including phenoxy) is 2. The maximum atomic E-state index is 5.77. The SMILES string of the molecule is CC(C)COCCOc1cnccc1CCl. The Morgan fingerprint density at radius 3 is 2.88 bits per heavy atom. The molecule has 0 bridgehead atoms. The Morgan fingerprint density at radius 1 is 1.38 bits per heavy atom. The van der Waals surface area contributed by atoms with E-state index in [-0.39, 0.29) is 0 Å². The van der Waals surface area contributed by atoms with Crippen molar-refractivity contribution in [3.8, 4) is 5.75 Å². The smallest absolute Gasteiger partial charge is 0.142 e. The number of hydrogen-bond acceptors (Lipinski definition) is 3. The average molecular weight is 244 g/mol. The fourth-order valence-corrected chi connectivity index (χ4v) is 1.40. The van der Waals surface area contributed by atoms with Gasteiger partial charge in [0.2, 0.25) is 0 Å². The molecule has 0 saturated heterocycles. The van der Waals surface area contributed by atoms with Crippen LogP contribution >= 0.6 is 11.6 Å². The summed E-state index contributed by atoms with van der Waals surface area (Å²) in [6.07, 6.45) is 3.39. The second-order valence-corrected chi connectivity index (χ2v) is 4.20. The highest BCUT2D eigenvalue weighted by atomic mass is 35.5. The van der Waals surface area contributed by atoms with E-state index in [1.807, 2.05) is 6.07 Å². The molecule has 1 aromatic rings. The van der Waals surface area contributed by atoms with Gasteiger partial charge in [-0.1, -0.05) is 13.8 Å². The maximum absolute atomic E-state index is 5.77. The zero-order chi connectivity index (χ0) is 11.8. The molecule has 1 heterocycles. The zero-order valence-electron chi connectivity index (χ0n) is 9.78. The number of hydrogen-bond donors (Lipinski definition) is 0. The molecule has 0 saturated carbocycles. The van der Waals surface area contributed by atoms with Gasteiger partial charge in [-0.15, -0.1) is 11.6 Å². The third-order valence-electron chi connectivity index (χ3n) is 1.95. The van der Waals surface area contributed by atoms with Crippen molar-refractivity contribution in [1.82, 2.24) is 4.98 Å². The highest BCUT2D eigenvalue weighted by molar-refractivity contribution is 6.17. The van der Waals surface area contributed by atoms with E-state index in [2.05, 4.69) is 18.8 Å². The van der Waals surface area contributed by atoms with Gasteiger partial charge in [-0.2, -0.15) is 0 Å². The lowest BCUT2D eigenvalue weighted by Gasteiger charge is -2.10. The van der Waals surface area contributed by atoms with Crippen LogP contribution in [0.3, 0.4) is 0 Å². The van der Waals surface area contributed by atoms with Crippen LogP contribution in [-0.4, -0.2) is 24.8 Å². The first kappa shape index (κ1) is 13.3.